The number of carbonyl (C=O) groups excluding carboxylic acids is 2. The molecule has 132 valence electrons. The number of halogens is 1. The number of hydrogen-bond acceptors (Lipinski definition) is 3. The monoisotopic (exact) mass is 369 g/mol. The summed E-state index contributed by atoms with van der Waals surface area (Å²) in [7, 11) is 0. The number of anilines is 1. The number of hydrogen-bond donors (Lipinski definition) is 1. The summed E-state index contributed by atoms with van der Waals surface area (Å²) < 4.78 is 0. The van der Waals surface area contributed by atoms with Crippen LogP contribution in [-0.2, 0) is 20.8 Å². The molecule has 1 aliphatic rings. The van der Waals surface area contributed by atoms with E-state index in [9.17, 15) is 14.4 Å². The van der Waals surface area contributed by atoms with Gasteiger partial charge in [-0.25, -0.2) is 4.79 Å². The lowest BCUT2D eigenvalue weighted by molar-refractivity contribution is -0.131. The lowest BCUT2D eigenvalue weighted by Crippen LogP contribution is -2.30. The summed E-state index contributed by atoms with van der Waals surface area (Å²) in [5, 5.41) is 9.27. The van der Waals surface area contributed by atoms with Crippen LogP contribution in [0, 0.1) is 5.92 Å². The van der Waals surface area contributed by atoms with E-state index < -0.39 is 11.9 Å². The Hall–Kier alpha value is -2.92. The molecule has 26 heavy (non-hydrogen) atoms. The molecule has 0 bridgehead atoms. The van der Waals surface area contributed by atoms with Crippen LogP contribution in [0.4, 0.5) is 5.69 Å². The average Bonchev–Trinajstić information content (AvgIpc) is 2.89. The average molecular weight is 370 g/mol. The third kappa shape index (κ3) is 4.00. The molecule has 6 heteroatoms. The molecule has 0 saturated carbocycles. The van der Waals surface area contributed by atoms with Crippen LogP contribution in [0.3, 0.4) is 0 Å². The quantitative estimate of drug-likeness (QED) is 0.646. The molecule has 2 amide bonds. The Morgan fingerprint density at radius 2 is 1.77 bits per heavy atom. The fourth-order valence-corrected chi connectivity index (χ4v) is 3.06. The second-order valence-electron chi connectivity index (χ2n) is 6.06. The van der Waals surface area contributed by atoms with Gasteiger partial charge in [0.1, 0.15) is 0 Å². The van der Waals surface area contributed by atoms with Gasteiger partial charge in [0, 0.05) is 17.5 Å². The highest BCUT2D eigenvalue weighted by Gasteiger charge is 2.39. The number of carboxylic acids is 1. The fraction of sp³-hybridized carbons (Fsp3) is 0.150. The minimum absolute atomic E-state index is 0.169. The standard InChI is InChI=1S/C20H16ClNO4/c21-16-6-1-14(2-7-16)11-15-12-18(23)22(20(15)26)17-8-3-13(4-9-17)5-10-19(24)25/h1-10,15H,11-12H2,(H,24,25)/b10-5+. The number of benzene rings is 2. The summed E-state index contributed by atoms with van der Waals surface area (Å²) in [5.41, 5.74) is 2.12. The fourth-order valence-electron chi connectivity index (χ4n) is 2.93. The predicted octanol–water partition coefficient (Wildman–Crippen LogP) is 3.56. The van der Waals surface area contributed by atoms with Gasteiger partial charge in [0.15, 0.2) is 0 Å². The van der Waals surface area contributed by atoms with Gasteiger partial charge in [-0.1, -0.05) is 35.9 Å². The van der Waals surface area contributed by atoms with Crippen LogP contribution in [0.25, 0.3) is 6.08 Å². The summed E-state index contributed by atoms with van der Waals surface area (Å²) in [6.07, 6.45) is 3.13. The molecular weight excluding hydrogens is 354 g/mol. The largest absolute Gasteiger partial charge is 0.478 e. The van der Waals surface area contributed by atoms with Crippen LogP contribution >= 0.6 is 11.6 Å². The molecule has 0 spiro atoms. The highest BCUT2D eigenvalue weighted by molar-refractivity contribution is 6.30. The van der Waals surface area contributed by atoms with Crippen molar-refractivity contribution in [2.45, 2.75) is 12.8 Å². The van der Waals surface area contributed by atoms with Gasteiger partial charge in [-0.15, -0.1) is 0 Å². The van der Waals surface area contributed by atoms with Gasteiger partial charge in [0.05, 0.1) is 11.6 Å². The van der Waals surface area contributed by atoms with Crippen molar-refractivity contribution in [3.05, 3.63) is 70.8 Å². The SMILES string of the molecule is O=C(O)/C=C/c1ccc(N2C(=O)CC(Cc3ccc(Cl)cc3)C2=O)cc1. The predicted molar refractivity (Wildman–Crippen MR) is 98.9 cm³/mol. The molecule has 1 heterocycles. The first-order valence-electron chi connectivity index (χ1n) is 8.06. The number of carboxylic acid groups (broad SMARTS) is 1. The van der Waals surface area contributed by atoms with Crippen LogP contribution in [-0.4, -0.2) is 22.9 Å². The zero-order chi connectivity index (χ0) is 18.7. The number of nitrogens with zero attached hydrogens (tertiary/aromatic N) is 1. The molecule has 2 aromatic rings. The van der Waals surface area contributed by atoms with Gasteiger partial charge < -0.3 is 5.11 Å². The molecule has 1 N–H and O–H groups in total. The summed E-state index contributed by atoms with van der Waals surface area (Å²) in [6.45, 7) is 0. The Labute approximate surface area is 155 Å². The van der Waals surface area contributed by atoms with E-state index in [1.54, 1.807) is 36.4 Å². The van der Waals surface area contributed by atoms with Gasteiger partial charge >= 0.3 is 5.97 Å². The Morgan fingerprint density at radius 3 is 2.38 bits per heavy atom. The lowest BCUT2D eigenvalue weighted by Gasteiger charge is -2.15. The Kier molecular flexibility index (Phi) is 5.19. The first kappa shape index (κ1) is 17.9. The minimum atomic E-state index is -1.04. The molecule has 0 aliphatic carbocycles. The van der Waals surface area contributed by atoms with Crippen molar-refractivity contribution in [2.24, 2.45) is 5.92 Å². The van der Waals surface area contributed by atoms with E-state index in [1.165, 1.54) is 11.0 Å². The Morgan fingerprint density at radius 1 is 1.12 bits per heavy atom. The van der Waals surface area contributed by atoms with E-state index in [-0.39, 0.29) is 18.2 Å². The maximum atomic E-state index is 12.7. The minimum Gasteiger partial charge on any atom is -0.478 e. The number of aliphatic carboxylic acids is 1. The van der Waals surface area contributed by atoms with Crippen LogP contribution in [0.2, 0.25) is 5.02 Å². The number of amides is 2. The Balaban J connectivity index is 1.74. The third-order valence-electron chi connectivity index (χ3n) is 4.21. The molecule has 1 atom stereocenters. The first-order chi connectivity index (χ1) is 12.4. The molecule has 5 nitrogen and oxygen atoms in total. The molecular formula is C20H16ClNO4. The molecule has 3 rings (SSSR count). The molecule has 1 aliphatic heterocycles. The van der Waals surface area contributed by atoms with Crippen molar-refractivity contribution in [2.75, 3.05) is 4.90 Å². The van der Waals surface area contributed by atoms with Crippen LogP contribution in [0.5, 0.6) is 0 Å². The number of carbonyl (C=O) groups is 3. The molecule has 2 aromatic carbocycles. The van der Waals surface area contributed by atoms with Gasteiger partial charge in [0.25, 0.3) is 0 Å². The maximum Gasteiger partial charge on any atom is 0.328 e. The van der Waals surface area contributed by atoms with Crippen LogP contribution < -0.4 is 4.90 Å². The van der Waals surface area contributed by atoms with E-state index in [0.29, 0.717) is 22.7 Å². The third-order valence-corrected chi connectivity index (χ3v) is 4.46. The van der Waals surface area contributed by atoms with Crippen molar-refractivity contribution in [3.8, 4) is 0 Å². The topological polar surface area (TPSA) is 74.7 Å². The molecule has 1 fully saturated rings. The first-order valence-corrected chi connectivity index (χ1v) is 8.44. The smallest absolute Gasteiger partial charge is 0.328 e. The highest BCUT2D eigenvalue weighted by atomic mass is 35.5. The van der Waals surface area contributed by atoms with Crippen molar-refractivity contribution >= 4 is 41.1 Å². The van der Waals surface area contributed by atoms with E-state index in [0.717, 1.165) is 11.6 Å². The Bertz CT molecular complexity index is 872. The van der Waals surface area contributed by atoms with Crippen LogP contribution in [0.15, 0.2) is 54.6 Å². The molecule has 1 unspecified atom stereocenters. The van der Waals surface area contributed by atoms with E-state index in [1.807, 2.05) is 12.1 Å². The molecule has 1 saturated heterocycles. The van der Waals surface area contributed by atoms with E-state index in [2.05, 4.69) is 0 Å². The number of rotatable bonds is 5. The van der Waals surface area contributed by atoms with Gasteiger partial charge in [0.2, 0.25) is 11.8 Å². The highest BCUT2D eigenvalue weighted by Crippen LogP contribution is 2.29. The maximum absolute atomic E-state index is 12.7. The molecule has 0 aromatic heterocycles. The summed E-state index contributed by atoms with van der Waals surface area (Å²) in [5.74, 6) is -1.89. The summed E-state index contributed by atoms with van der Waals surface area (Å²) in [6, 6.07) is 13.9. The van der Waals surface area contributed by atoms with Crippen LogP contribution in [0.1, 0.15) is 17.5 Å². The summed E-state index contributed by atoms with van der Waals surface area (Å²) in [4.78, 5) is 36.8. The lowest BCUT2D eigenvalue weighted by atomic mass is 9.98. The summed E-state index contributed by atoms with van der Waals surface area (Å²) >= 11 is 5.87. The second kappa shape index (κ2) is 7.54. The zero-order valence-electron chi connectivity index (χ0n) is 13.8. The van der Waals surface area contributed by atoms with Crippen molar-refractivity contribution < 1.29 is 19.5 Å². The van der Waals surface area contributed by atoms with Crippen molar-refractivity contribution in [3.63, 3.8) is 0 Å². The van der Waals surface area contributed by atoms with E-state index >= 15 is 0 Å². The van der Waals surface area contributed by atoms with Crippen molar-refractivity contribution in [1.29, 1.82) is 0 Å². The molecule has 0 radical (unpaired) electrons. The van der Waals surface area contributed by atoms with Gasteiger partial charge in [-0.2, -0.15) is 0 Å². The number of imide groups is 1. The van der Waals surface area contributed by atoms with Crippen molar-refractivity contribution in [1.82, 2.24) is 0 Å². The van der Waals surface area contributed by atoms with Gasteiger partial charge in [-0.3, -0.25) is 14.5 Å². The van der Waals surface area contributed by atoms with E-state index in [4.69, 9.17) is 16.7 Å². The zero-order valence-corrected chi connectivity index (χ0v) is 14.5. The van der Waals surface area contributed by atoms with Gasteiger partial charge in [-0.05, 0) is 47.9 Å². The normalized spacial score (nSPS) is 17.3. The second-order valence-corrected chi connectivity index (χ2v) is 6.50.